The molecule has 0 aliphatic heterocycles. The molecule has 0 saturated carbocycles. The SMILES string of the molecule is COC(=O)C(O[Si](C)(C)C)c1cccc(OS(=O)(=O)c2ccc(C)cc2)c1. The molecule has 0 aliphatic rings. The monoisotopic (exact) mass is 408 g/mol. The molecule has 1 atom stereocenters. The van der Waals surface area contributed by atoms with E-state index in [-0.39, 0.29) is 10.6 Å². The van der Waals surface area contributed by atoms with Gasteiger partial charge in [-0.15, -0.1) is 0 Å². The molecule has 27 heavy (non-hydrogen) atoms. The van der Waals surface area contributed by atoms with Gasteiger partial charge in [0.15, 0.2) is 14.4 Å². The molecule has 0 saturated heterocycles. The van der Waals surface area contributed by atoms with Gasteiger partial charge in [-0.2, -0.15) is 8.42 Å². The number of ether oxygens (including phenoxy) is 1. The summed E-state index contributed by atoms with van der Waals surface area (Å²) in [4.78, 5) is 12.2. The third-order valence-electron chi connectivity index (χ3n) is 3.56. The molecule has 0 aliphatic carbocycles. The summed E-state index contributed by atoms with van der Waals surface area (Å²) in [6.45, 7) is 7.72. The standard InChI is InChI=1S/C19H24O6SSi/c1-14-9-11-17(12-10-14)26(21,22)24-16-8-6-7-15(13-16)18(19(20)23-2)25-27(3,4)5/h6-13,18H,1-5H3. The minimum Gasteiger partial charge on any atom is -0.467 e. The number of hydrogen-bond donors (Lipinski definition) is 0. The number of esters is 1. The van der Waals surface area contributed by atoms with Crippen molar-refractivity contribution in [2.75, 3.05) is 7.11 Å². The molecule has 8 heteroatoms. The summed E-state index contributed by atoms with van der Waals surface area (Å²) in [7, 11) is -4.76. The lowest BCUT2D eigenvalue weighted by Gasteiger charge is -2.25. The summed E-state index contributed by atoms with van der Waals surface area (Å²) in [6.07, 6.45) is -0.938. The highest BCUT2D eigenvalue weighted by atomic mass is 32.2. The molecule has 0 radical (unpaired) electrons. The molecule has 2 aromatic rings. The molecule has 0 amide bonds. The van der Waals surface area contributed by atoms with Gasteiger partial charge in [0.1, 0.15) is 10.6 Å². The van der Waals surface area contributed by atoms with E-state index in [0.29, 0.717) is 5.56 Å². The van der Waals surface area contributed by atoms with Crippen LogP contribution in [0.25, 0.3) is 0 Å². The van der Waals surface area contributed by atoms with E-state index >= 15 is 0 Å². The maximum atomic E-state index is 12.5. The van der Waals surface area contributed by atoms with E-state index < -0.39 is 30.5 Å². The summed E-state index contributed by atoms with van der Waals surface area (Å²) >= 11 is 0. The molecular formula is C19H24O6SSi. The average molecular weight is 409 g/mol. The zero-order valence-corrected chi connectivity index (χ0v) is 17.9. The van der Waals surface area contributed by atoms with Crippen LogP contribution in [-0.2, 0) is 24.1 Å². The molecule has 0 N–H and O–H groups in total. The average Bonchev–Trinajstić information content (AvgIpc) is 2.58. The minimum atomic E-state index is -3.98. The number of aryl methyl sites for hydroxylation is 1. The van der Waals surface area contributed by atoms with Crippen LogP contribution in [0.15, 0.2) is 53.4 Å². The number of carbonyl (C=O) groups excluding carboxylic acids is 1. The van der Waals surface area contributed by atoms with Crippen LogP contribution in [0.4, 0.5) is 0 Å². The van der Waals surface area contributed by atoms with Crippen LogP contribution in [0.1, 0.15) is 17.2 Å². The second-order valence-corrected chi connectivity index (χ2v) is 13.1. The van der Waals surface area contributed by atoms with Crippen LogP contribution in [0.5, 0.6) is 5.75 Å². The van der Waals surface area contributed by atoms with Gasteiger partial charge < -0.3 is 13.3 Å². The Morgan fingerprint density at radius 1 is 1.04 bits per heavy atom. The zero-order valence-electron chi connectivity index (χ0n) is 16.1. The normalized spacial score (nSPS) is 13.1. The van der Waals surface area contributed by atoms with Crippen molar-refractivity contribution in [1.29, 1.82) is 0 Å². The second-order valence-electron chi connectivity index (χ2n) is 7.06. The Bertz CT molecular complexity index is 901. The van der Waals surface area contributed by atoms with Gasteiger partial charge in [0.25, 0.3) is 0 Å². The van der Waals surface area contributed by atoms with Crippen molar-refractivity contribution in [3.63, 3.8) is 0 Å². The Kier molecular flexibility index (Phi) is 6.45. The van der Waals surface area contributed by atoms with E-state index in [1.54, 1.807) is 24.3 Å². The Balaban J connectivity index is 2.32. The highest BCUT2D eigenvalue weighted by molar-refractivity contribution is 7.87. The lowest BCUT2D eigenvalue weighted by molar-refractivity contribution is -0.149. The molecule has 0 aromatic heterocycles. The highest BCUT2D eigenvalue weighted by Crippen LogP contribution is 2.28. The lowest BCUT2D eigenvalue weighted by atomic mass is 10.1. The lowest BCUT2D eigenvalue weighted by Crippen LogP contribution is -2.32. The van der Waals surface area contributed by atoms with E-state index in [9.17, 15) is 13.2 Å². The third kappa shape index (κ3) is 5.91. The van der Waals surface area contributed by atoms with Crippen molar-refractivity contribution < 1.29 is 26.6 Å². The van der Waals surface area contributed by atoms with Gasteiger partial charge in [0.2, 0.25) is 0 Å². The minimum absolute atomic E-state index is 0.0568. The van der Waals surface area contributed by atoms with Crippen molar-refractivity contribution in [2.24, 2.45) is 0 Å². The highest BCUT2D eigenvalue weighted by Gasteiger charge is 2.29. The van der Waals surface area contributed by atoms with Gasteiger partial charge in [-0.05, 0) is 56.4 Å². The summed E-state index contributed by atoms with van der Waals surface area (Å²) in [5.41, 5.74) is 1.42. The molecule has 1 unspecified atom stereocenters. The van der Waals surface area contributed by atoms with Crippen LogP contribution in [-0.4, -0.2) is 29.8 Å². The maximum Gasteiger partial charge on any atom is 0.339 e. The Labute approximate surface area is 161 Å². The molecule has 0 bridgehead atoms. The first-order valence-electron chi connectivity index (χ1n) is 8.38. The predicted molar refractivity (Wildman–Crippen MR) is 105 cm³/mol. The van der Waals surface area contributed by atoms with E-state index in [4.69, 9.17) is 13.3 Å². The summed E-state index contributed by atoms with van der Waals surface area (Å²) in [5.74, 6) is -0.447. The fourth-order valence-corrected chi connectivity index (χ4v) is 4.18. The first kappa shape index (κ1) is 21.1. The van der Waals surface area contributed by atoms with Gasteiger partial charge >= 0.3 is 16.1 Å². The van der Waals surface area contributed by atoms with E-state index in [1.807, 2.05) is 26.6 Å². The number of rotatable bonds is 7. The van der Waals surface area contributed by atoms with Gasteiger partial charge in [-0.3, -0.25) is 0 Å². The molecule has 6 nitrogen and oxygen atoms in total. The van der Waals surface area contributed by atoms with Crippen LogP contribution >= 0.6 is 0 Å². The molecule has 0 heterocycles. The molecule has 146 valence electrons. The van der Waals surface area contributed by atoms with Crippen molar-refractivity contribution in [3.05, 3.63) is 59.7 Å². The molecule has 0 fully saturated rings. The quantitative estimate of drug-likeness (QED) is 0.394. The van der Waals surface area contributed by atoms with E-state index in [1.165, 1.54) is 31.4 Å². The summed E-state index contributed by atoms with van der Waals surface area (Å²) < 4.78 is 40.9. The van der Waals surface area contributed by atoms with Gasteiger partial charge in [-0.1, -0.05) is 29.8 Å². The Morgan fingerprint density at radius 2 is 1.67 bits per heavy atom. The fourth-order valence-electron chi connectivity index (χ4n) is 2.32. The predicted octanol–water partition coefficient (Wildman–Crippen LogP) is 3.83. The number of benzene rings is 2. The molecule has 2 aromatic carbocycles. The van der Waals surface area contributed by atoms with Gasteiger partial charge in [0, 0.05) is 0 Å². The van der Waals surface area contributed by atoms with E-state index in [2.05, 4.69) is 0 Å². The zero-order chi connectivity index (χ0) is 20.2. The Morgan fingerprint density at radius 3 is 2.22 bits per heavy atom. The van der Waals surface area contributed by atoms with E-state index in [0.717, 1.165) is 5.56 Å². The molecule has 2 rings (SSSR count). The number of carbonyl (C=O) groups is 1. The Hall–Kier alpha value is -2.16. The third-order valence-corrected chi connectivity index (χ3v) is 5.77. The van der Waals surface area contributed by atoms with Crippen molar-refractivity contribution in [2.45, 2.75) is 37.6 Å². The largest absolute Gasteiger partial charge is 0.467 e. The first-order valence-corrected chi connectivity index (χ1v) is 13.2. The molecule has 0 spiro atoms. The van der Waals surface area contributed by atoms with Crippen molar-refractivity contribution >= 4 is 24.4 Å². The summed E-state index contributed by atoms with van der Waals surface area (Å²) in [5, 5.41) is 0. The second kappa shape index (κ2) is 8.24. The van der Waals surface area contributed by atoms with Gasteiger partial charge in [0.05, 0.1) is 7.11 Å². The van der Waals surface area contributed by atoms with Crippen LogP contribution in [0, 0.1) is 6.92 Å². The topological polar surface area (TPSA) is 78.9 Å². The van der Waals surface area contributed by atoms with Crippen LogP contribution < -0.4 is 4.18 Å². The number of hydrogen-bond acceptors (Lipinski definition) is 6. The van der Waals surface area contributed by atoms with Gasteiger partial charge in [-0.25, -0.2) is 4.79 Å². The molecular weight excluding hydrogens is 384 g/mol. The first-order chi connectivity index (χ1) is 12.5. The van der Waals surface area contributed by atoms with Crippen molar-refractivity contribution in [3.8, 4) is 5.75 Å². The number of methoxy groups -OCH3 is 1. The van der Waals surface area contributed by atoms with Crippen LogP contribution in [0.3, 0.4) is 0 Å². The maximum absolute atomic E-state index is 12.5. The van der Waals surface area contributed by atoms with Crippen LogP contribution in [0.2, 0.25) is 19.6 Å². The smallest absolute Gasteiger partial charge is 0.339 e. The summed E-state index contributed by atoms with van der Waals surface area (Å²) in [6, 6.07) is 12.6. The fraction of sp³-hybridized carbons (Fsp3) is 0.316. The van der Waals surface area contributed by atoms with Crippen molar-refractivity contribution in [1.82, 2.24) is 0 Å².